The molecule has 0 amide bonds. The van der Waals surface area contributed by atoms with Gasteiger partial charge in [0.15, 0.2) is 0 Å². The lowest BCUT2D eigenvalue weighted by Gasteiger charge is -2.15. The molecule has 0 spiro atoms. The van der Waals surface area contributed by atoms with Crippen molar-refractivity contribution >= 4 is 21.1 Å². The van der Waals surface area contributed by atoms with Crippen molar-refractivity contribution in [3.05, 3.63) is 58.9 Å². The number of aromatic amines is 1. The number of fused-ring (bicyclic) bond motifs is 1. The monoisotopic (exact) mass is 343 g/mol. The van der Waals surface area contributed by atoms with Gasteiger partial charge in [-0.05, 0) is 62.6 Å². The number of imidazole rings is 1. The summed E-state index contributed by atoms with van der Waals surface area (Å²) in [5, 5.41) is 0. The van der Waals surface area contributed by atoms with Gasteiger partial charge in [-0.1, -0.05) is 18.2 Å². The molecule has 1 aromatic heterocycles. The van der Waals surface area contributed by atoms with Gasteiger partial charge in [-0.15, -0.1) is 0 Å². The molecule has 0 fully saturated rings. The Balaban J connectivity index is 1.92. The molecule has 0 unspecified atom stereocenters. The zero-order valence-electron chi connectivity index (χ0n) is 14.2. The number of rotatable bonds is 4. The Bertz CT molecular complexity index is 973. The average molecular weight is 343 g/mol. The maximum atomic E-state index is 12.8. The summed E-state index contributed by atoms with van der Waals surface area (Å²) >= 11 is 0. The van der Waals surface area contributed by atoms with E-state index >= 15 is 0 Å². The summed E-state index contributed by atoms with van der Waals surface area (Å²) in [7, 11) is -3.63. The molecule has 126 valence electrons. The Labute approximate surface area is 142 Å². The lowest BCUT2D eigenvalue weighted by molar-refractivity contribution is 0.561. The number of nitrogens with one attached hydrogen (secondary N) is 2. The van der Waals surface area contributed by atoms with E-state index in [1.165, 1.54) is 0 Å². The average Bonchev–Trinajstić information content (AvgIpc) is 2.94. The van der Waals surface area contributed by atoms with E-state index in [1.54, 1.807) is 13.0 Å². The van der Waals surface area contributed by atoms with Crippen molar-refractivity contribution < 1.29 is 8.42 Å². The molecule has 2 N–H and O–H groups in total. The van der Waals surface area contributed by atoms with Crippen LogP contribution in [0.4, 0.5) is 0 Å². The topological polar surface area (TPSA) is 74.8 Å². The van der Waals surface area contributed by atoms with E-state index in [0.29, 0.717) is 10.7 Å². The van der Waals surface area contributed by atoms with Crippen molar-refractivity contribution in [2.75, 3.05) is 0 Å². The molecule has 0 saturated carbocycles. The van der Waals surface area contributed by atoms with Gasteiger partial charge in [-0.25, -0.2) is 18.1 Å². The van der Waals surface area contributed by atoms with Crippen LogP contribution in [-0.2, 0) is 10.0 Å². The van der Waals surface area contributed by atoms with Gasteiger partial charge in [0.2, 0.25) is 10.0 Å². The number of benzene rings is 2. The minimum absolute atomic E-state index is 0.313. The molecule has 0 aliphatic rings. The van der Waals surface area contributed by atoms with E-state index in [-0.39, 0.29) is 0 Å². The summed E-state index contributed by atoms with van der Waals surface area (Å²) in [6.07, 6.45) is 0. The SMILES string of the molecule is Cc1cc(C)c(S(=O)(=O)N[C@@H](C)c2nc3ccccc3[nH]2)cc1C. The number of hydrogen-bond donors (Lipinski definition) is 2. The molecule has 3 rings (SSSR count). The Morgan fingerprint density at radius 3 is 2.42 bits per heavy atom. The summed E-state index contributed by atoms with van der Waals surface area (Å²) in [6.45, 7) is 7.48. The zero-order valence-corrected chi connectivity index (χ0v) is 15.0. The highest BCUT2D eigenvalue weighted by molar-refractivity contribution is 7.89. The van der Waals surface area contributed by atoms with Crippen LogP contribution in [0.3, 0.4) is 0 Å². The molecular formula is C18H21N3O2S. The minimum Gasteiger partial charge on any atom is -0.341 e. The van der Waals surface area contributed by atoms with Crippen LogP contribution < -0.4 is 4.72 Å². The van der Waals surface area contributed by atoms with Gasteiger partial charge in [0, 0.05) is 0 Å². The first-order valence-electron chi connectivity index (χ1n) is 7.83. The Morgan fingerprint density at radius 1 is 1.04 bits per heavy atom. The second-order valence-electron chi connectivity index (χ2n) is 6.18. The maximum Gasteiger partial charge on any atom is 0.241 e. The molecule has 24 heavy (non-hydrogen) atoms. The van der Waals surface area contributed by atoms with Crippen molar-refractivity contribution in [1.29, 1.82) is 0 Å². The Kier molecular flexibility index (Phi) is 4.19. The number of nitrogens with zero attached hydrogens (tertiary/aromatic N) is 1. The van der Waals surface area contributed by atoms with Gasteiger partial charge in [0.25, 0.3) is 0 Å². The number of aryl methyl sites for hydroxylation is 3. The highest BCUT2D eigenvalue weighted by atomic mass is 32.2. The highest BCUT2D eigenvalue weighted by Gasteiger charge is 2.22. The molecule has 1 heterocycles. The van der Waals surface area contributed by atoms with E-state index < -0.39 is 16.1 Å². The first-order chi connectivity index (χ1) is 11.3. The number of H-pyrrole nitrogens is 1. The standard InChI is InChI=1S/C18H21N3O2S/c1-11-9-13(3)17(10-12(11)2)24(22,23)21-14(4)18-19-15-7-5-6-8-16(15)20-18/h5-10,14,21H,1-4H3,(H,19,20)/t14-/m0/s1. The van der Waals surface area contributed by atoms with Crippen molar-refractivity contribution in [1.82, 2.24) is 14.7 Å². The van der Waals surface area contributed by atoms with Crippen molar-refractivity contribution in [3.63, 3.8) is 0 Å². The van der Waals surface area contributed by atoms with Crippen LogP contribution in [-0.4, -0.2) is 18.4 Å². The molecule has 2 aromatic carbocycles. The molecule has 6 heteroatoms. The third-order valence-corrected chi connectivity index (χ3v) is 5.91. The first-order valence-corrected chi connectivity index (χ1v) is 9.31. The third kappa shape index (κ3) is 3.07. The van der Waals surface area contributed by atoms with Gasteiger partial charge in [0.1, 0.15) is 5.82 Å². The molecule has 0 aliphatic carbocycles. The molecule has 0 aliphatic heterocycles. The normalized spacial score (nSPS) is 13.3. The Hall–Kier alpha value is -2.18. The summed E-state index contributed by atoms with van der Waals surface area (Å²) < 4.78 is 28.2. The number of hydrogen-bond acceptors (Lipinski definition) is 3. The van der Waals surface area contributed by atoms with E-state index in [9.17, 15) is 8.42 Å². The molecule has 0 saturated heterocycles. The fourth-order valence-corrected chi connectivity index (χ4v) is 4.27. The first kappa shape index (κ1) is 16.7. The van der Waals surface area contributed by atoms with E-state index in [2.05, 4.69) is 14.7 Å². The van der Waals surface area contributed by atoms with Crippen LogP contribution in [0.5, 0.6) is 0 Å². The molecule has 3 aromatic rings. The molecule has 0 bridgehead atoms. The molecule has 5 nitrogen and oxygen atoms in total. The highest BCUT2D eigenvalue weighted by Crippen LogP contribution is 2.22. The van der Waals surface area contributed by atoms with E-state index in [4.69, 9.17) is 0 Å². The van der Waals surface area contributed by atoms with Crippen molar-refractivity contribution in [2.24, 2.45) is 0 Å². The number of sulfonamides is 1. The van der Waals surface area contributed by atoms with Gasteiger partial charge in [-0.3, -0.25) is 0 Å². The molecule has 0 radical (unpaired) electrons. The van der Waals surface area contributed by atoms with Gasteiger partial charge >= 0.3 is 0 Å². The number of aromatic nitrogens is 2. The maximum absolute atomic E-state index is 12.8. The van der Waals surface area contributed by atoms with Gasteiger partial charge in [0.05, 0.1) is 22.0 Å². The third-order valence-electron chi connectivity index (χ3n) is 4.23. The van der Waals surface area contributed by atoms with Crippen LogP contribution in [0.1, 0.15) is 35.5 Å². The largest absolute Gasteiger partial charge is 0.341 e. The molecular weight excluding hydrogens is 322 g/mol. The summed E-state index contributed by atoms with van der Waals surface area (Å²) in [5.74, 6) is 0.598. The summed E-state index contributed by atoms with van der Waals surface area (Å²) in [5.41, 5.74) is 4.48. The molecule has 1 atom stereocenters. The van der Waals surface area contributed by atoms with E-state index in [0.717, 1.165) is 27.7 Å². The second-order valence-corrected chi connectivity index (χ2v) is 7.87. The second kappa shape index (κ2) is 6.03. The van der Waals surface area contributed by atoms with Crippen LogP contribution >= 0.6 is 0 Å². The van der Waals surface area contributed by atoms with Crippen LogP contribution in [0.2, 0.25) is 0 Å². The lowest BCUT2D eigenvalue weighted by atomic mass is 10.1. The van der Waals surface area contributed by atoms with Crippen LogP contribution in [0, 0.1) is 20.8 Å². The lowest BCUT2D eigenvalue weighted by Crippen LogP contribution is -2.28. The minimum atomic E-state index is -3.63. The predicted octanol–water partition coefficient (Wildman–Crippen LogP) is 3.53. The van der Waals surface area contributed by atoms with Crippen LogP contribution in [0.25, 0.3) is 11.0 Å². The van der Waals surface area contributed by atoms with Gasteiger partial charge < -0.3 is 4.98 Å². The summed E-state index contributed by atoms with van der Waals surface area (Å²) in [4.78, 5) is 7.94. The van der Waals surface area contributed by atoms with Crippen molar-refractivity contribution in [2.45, 2.75) is 38.6 Å². The van der Waals surface area contributed by atoms with E-state index in [1.807, 2.05) is 51.1 Å². The number of para-hydroxylation sites is 2. The van der Waals surface area contributed by atoms with Crippen molar-refractivity contribution in [3.8, 4) is 0 Å². The van der Waals surface area contributed by atoms with Crippen LogP contribution in [0.15, 0.2) is 41.3 Å². The quantitative estimate of drug-likeness (QED) is 0.761. The zero-order chi connectivity index (χ0) is 17.5. The summed E-state index contributed by atoms with van der Waals surface area (Å²) in [6, 6.07) is 10.8. The fraction of sp³-hybridized carbons (Fsp3) is 0.278. The Morgan fingerprint density at radius 2 is 1.71 bits per heavy atom. The fourth-order valence-electron chi connectivity index (χ4n) is 2.75. The van der Waals surface area contributed by atoms with Gasteiger partial charge in [-0.2, -0.15) is 0 Å². The smallest absolute Gasteiger partial charge is 0.241 e. The predicted molar refractivity (Wildman–Crippen MR) is 95.5 cm³/mol.